The molecule has 1 rings (SSSR count). The Bertz CT molecular complexity index is 482. The molecule has 1 aromatic rings. The van der Waals surface area contributed by atoms with E-state index < -0.39 is 0 Å². The maximum absolute atomic E-state index is 12.1. The Labute approximate surface area is 132 Å². The number of unbranched alkanes of at least 4 members (excludes halogenated alkanes) is 3. The van der Waals surface area contributed by atoms with Gasteiger partial charge < -0.3 is 9.47 Å². The van der Waals surface area contributed by atoms with Crippen molar-refractivity contribution < 1.29 is 19.1 Å². The molecule has 1 atom stereocenters. The molecular weight excluding hydrogens is 280 g/mol. The van der Waals surface area contributed by atoms with E-state index in [4.69, 9.17) is 9.47 Å². The van der Waals surface area contributed by atoms with Crippen LogP contribution >= 0.6 is 0 Å². The van der Waals surface area contributed by atoms with Crippen LogP contribution in [0.5, 0.6) is 11.5 Å². The zero-order chi connectivity index (χ0) is 16.4. The molecular formula is C18H26O4. The van der Waals surface area contributed by atoms with Crippen molar-refractivity contribution in [2.24, 2.45) is 5.92 Å². The second kappa shape index (κ2) is 9.98. The van der Waals surface area contributed by atoms with Crippen LogP contribution in [0.3, 0.4) is 0 Å². The summed E-state index contributed by atoms with van der Waals surface area (Å²) in [7, 11) is 0. The Balaban J connectivity index is 2.58. The number of benzene rings is 1. The van der Waals surface area contributed by atoms with E-state index in [0.29, 0.717) is 11.5 Å². The van der Waals surface area contributed by atoms with Crippen molar-refractivity contribution in [1.82, 2.24) is 0 Å². The van der Waals surface area contributed by atoms with E-state index in [2.05, 4.69) is 6.92 Å². The SMILES string of the molecule is CCCCCCC(C)C(=O)Oc1ccccc1OC(=O)CC. The summed E-state index contributed by atoms with van der Waals surface area (Å²) >= 11 is 0. The maximum atomic E-state index is 12.1. The number of carbonyl (C=O) groups excluding carboxylic acids is 2. The molecule has 0 saturated carbocycles. The number of carbonyl (C=O) groups is 2. The smallest absolute Gasteiger partial charge is 0.314 e. The van der Waals surface area contributed by atoms with Crippen molar-refractivity contribution in [2.75, 3.05) is 0 Å². The summed E-state index contributed by atoms with van der Waals surface area (Å²) in [6.07, 6.45) is 5.62. The first-order chi connectivity index (χ1) is 10.6. The molecule has 0 aliphatic heterocycles. The van der Waals surface area contributed by atoms with Crippen LogP contribution in [-0.4, -0.2) is 11.9 Å². The summed E-state index contributed by atoms with van der Waals surface area (Å²) in [6, 6.07) is 6.75. The molecule has 4 nitrogen and oxygen atoms in total. The van der Waals surface area contributed by atoms with Gasteiger partial charge in [0.15, 0.2) is 11.5 Å². The third-order valence-corrected chi connectivity index (χ3v) is 3.47. The normalized spacial score (nSPS) is 11.8. The zero-order valence-electron chi connectivity index (χ0n) is 13.8. The minimum atomic E-state index is -0.351. The van der Waals surface area contributed by atoms with E-state index in [1.54, 1.807) is 31.2 Å². The minimum Gasteiger partial charge on any atom is -0.423 e. The number of rotatable bonds is 9. The highest BCUT2D eigenvalue weighted by molar-refractivity contribution is 5.77. The average Bonchev–Trinajstić information content (AvgIpc) is 2.53. The lowest BCUT2D eigenvalue weighted by Crippen LogP contribution is -2.18. The van der Waals surface area contributed by atoms with Gasteiger partial charge in [-0.3, -0.25) is 9.59 Å². The zero-order valence-corrected chi connectivity index (χ0v) is 13.8. The van der Waals surface area contributed by atoms with Crippen molar-refractivity contribution in [3.8, 4) is 11.5 Å². The summed E-state index contributed by atoms with van der Waals surface area (Å²) in [4.78, 5) is 23.5. The van der Waals surface area contributed by atoms with Crippen LogP contribution in [0.15, 0.2) is 24.3 Å². The van der Waals surface area contributed by atoms with Crippen LogP contribution < -0.4 is 9.47 Å². The number of ether oxygens (including phenoxy) is 2. The Morgan fingerprint density at radius 1 is 1.00 bits per heavy atom. The molecule has 122 valence electrons. The van der Waals surface area contributed by atoms with Gasteiger partial charge in [0.1, 0.15) is 0 Å². The van der Waals surface area contributed by atoms with Crippen molar-refractivity contribution in [3.05, 3.63) is 24.3 Å². The van der Waals surface area contributed by atoms with Crippen LogP contribution in [0.2, 0.25) is 0 Å². The lowest BCUT2D eigenvalue weighted by Gasteiger charge is -2.13. The van der Waals surface area contributed by atoms with E-state index in [1.807, 2.05) is 6.92 Å². The summed E-state index contributed by atoms with van der Waals surface area (Å²) in [6.45, 7) is 5.75. The highest BCUT2D eigenvalue weighted by Gasteiger charge is 2.17. The third kappa shape index (κ3) is 6.29. The molecule has 0 heterocycles. The standard InChI is InChI=1S/C18H26O4/c1-4-6-7-8-11-14(3)18(20)22-16-13-10-9-12-15(16)21-17(19)5-2/h9-10,12-14H,4-8,11H2,1-3H3. The van der Waals surface area contributed by atoms with E-state index in [9.17, 15) is 9.59 Å². The van der Waals surface area contributed by atoms with Gasteiger partial charge in [0.05, 0.1) is 5.92 Å². The van der Waals surface area contributed by atoms with Gasteiger partial charge in [-0.05, 0) is 18.6 Å². The lowest BCUT2D eigenvalue weighted by molar-refractivity contribution is -0.140. The topological polar surface area (TPSA) is 52.6 Å². The fourth-order valence-corrected chi connectivity index (χ4v) is 2.02. The Kier molecular flexibility index (Phi) is 8.26. The van der Waals surface area contributed by atoms with E-state index in [-0.39, 0.29) is 24.3 Å². The molecule has 0 aliphatic carbocycles. The van der Waals surface area contributed by atoms with Gasteiger partial charge in [-0.25, -0.2) is 0 Å². The average molecular weight is 306 g/mol. The highest BCUT2D eigenvalue weighted by Crippen LogP contribution is 2.28. The Hall–Kier alpha value is -1.84. The van der Waals surface area contributed by atoms with Crippen LogP contribution in [0.25, 0.3) is 0 Å². The largest absolute Gasteiger partial charge is 0.423 e. The Morgan fingerprint density at radius 2 is 1.64 bits per heavy atom. The highest BCUT2D eigenvalue weighted by atomic mass is 16.6. The summed E-state index contributed by atoms with van der Waals surface area (Å²) in [5.41, 5.74) is 0. The first kappa shape index (κ1) is 18.2. The lowest BCUT2D eigenvalue weighted by atomic mass is 10.0. The molecule has 0 fully saturated rings. The van der Waals surface area contributed by atoms with Crippen LogP contribution in [0.1, 0.15) is 59.3 Å². The first-order valence-corrected chi connectivity index (χ1v) is 8.09. The molecule has 0 aliphatic rings. The van der Waals surface area contributed by atoms with Crippen molar-refractivity contribution in [3.63, 3.8) is 0 Å². The Morgan fingerprint density at radius 3 is 2.23 bits per heavy atom. The summed E-state index contributed by atoms with van der Waals surface area (Å²) in [5, 5.41) is 0. The van der Waals surface area contributed by atoms with Crippen LogP contribution in [0, 0.1) is 5.92 Å². The van der Waals surface area contributed by atoms with Gasteiger partial charge in [-0.15, -0.1) is 0 Å². The van der Waals surface area contributed by atoms with Gasteiger partial charge in [-0.1, -0.05) is 58.6 Å². The van der Waals surface area contributed by atoms with E-state index in [1.165, 1.54) is 12.8 Å². The quantitative estimate of drug-likeness (QED) is 0.382. The molecule has 0 spiro atoms. The summed E-state index contributed by atoms with van der Waals surface area (Å²) < 4.78 is 10.6. The third-order valence-electron chi connectivity index (χ3n) is 3.47. The molecule has 1 unspecified atom stereocenters. The number of hydrogen-bond acceptors (Lipinski definition) is 4. The fourth-order valence-electron chi connectivity index (χ4n) is 2.02. The molecule has 0 aromatic heterocycles. The molecule has 0 saturated heterocycles. The molecule has 0 bridgehead atoms. The van der Waals surface area contributed by atoms with Crippen LogP contribution in [-0.2, 0) is 9.59 Å². The number of hydrogen-bond donors (Lipinski definition) is 0. The predicted molar refractivity (Wildman–Crippen MR) is 85.9 cm³/mol. The van der Waals surface area contributed by atoms with Crippen LogP contribution in [0.4, 0.5) is 0 Å². The monoisotopic (exact) mass is 306 g/mol. The van der Waals surface area contributed by atoms with E-state index >= 15 is 0 Å². The molecule has 4 heteroatoms. The molecule has 22 heavy (non-hydrogen) atoms. The summed E-state index contributed by atoms with van der Waals surface area (Å²) in [5.74, 6) is -0.199. The van der Waals surface area contributed by atoms with Crippen molar-refractivity contribution >= 4 is 11.9 Å². The van der Waals surface area contributed by atoms with E-state index in [0.717, 1.165) is 19.3 Å². The van der Waals surface area contributed by atoms with Crippen molar-refractivity contribution in [1.29, 1.82) is 0 Å². The fraction of sp³-hybridized carbons (Fsp3) is 0.556. The molecule has 1 aromatic carbocycles. The van der Waals surface area contributed by atoms with Crippen molar-refractivity contribution in [2.45, 2.75) is 59.3 Å². The van der Waals surface area contributed by atoms with Gasteiger partial charge in [0.2, 0.25) is 0 Å². The number of esters is 2. The number of para-hydroxylation sites is 2. The van der Waals surface area contributed by atoms with Gasteiger partial charge in [-0.2, -0.15) is 0 Å². The van der Waals surface area contributed by atoms with Gasteiger partial charge in [0.25, 0.3) is 0 Å². The second-order valence-electron chi connectivity index (χ2n) is 5.45. The molecule has 0 amide bonds. The molecule has 0 N–H and O–H groups in total. The van der Waals surface area contributed by atoms with Gasteiger partial charge >= 0.3 is 11.9 Å². The van der Waals surface area contributed by atoms with Gasteiger partial charge in [0, 0.05) is 6.42 Å². The maximum Gasteiger partial charge on any atom is 0.314 e. The first-order valence-electron chi connectivity index (χ1n) is 8.09. The minimum absolute atomic E-state index is 0.160. The predicted octanol–water partition coefficient (Wildman–Crippen LogP) is 4.51. The molecule has 0 radical (unpaired) electrons. The second-order valence-corrected chi connectivity index (χ2v) is 5.45.